The lowest BCUT2D eigenvalue weighted by Gasteiger charge is -2.29. The van der Waals surface area contributed by atoms with Crippen LogP contribution in [0.3, 0.4) is 0 Å². The predicted molar refractivity (Wildman–Crippen MR) is 89.9 cm³/mol. The molecule has 1 aliphatic heterocycles. The maximum atomic E-state index is 4.60. The second-order valence-electron chi connectivity index (χ2n) is 6.48. The summed E-state index contributed by atoms with van der Waals surface area (Å²) >= 11 is 1.75. The minimum atomic E-state index is 0.648. The lowest BCUT2D eigenvalue weighted by Crippen LogP contribution is -2.35. The molecule has 0 atom stereocenters. The Morgan fingerprint density at radius 2 is 2.00 bits per heavy atom. The monoisotopic (exact) mass is 326 g/mol. The first-order valence-corrected chi connectivity index (χ1v) is 8.91. The number of aromatic nitrogens is 5. The quantitative estimate of drug-likeness (QED) is 0.725. The molecule has 7 heteroatoms. The van der Waals surface area contributed by atoms with Gasteiger partial charge in [0.15, 0.2) is 5.82 Å². The molecule has 3 aromatic rings. The van der Waals surface area contributed by atoms with Gasteiger partial charge < -0.3 is 9.47 Å². The lowest BCUT2D eigenvalue weighted by molar-refractivity contribution is 0.541. The summed E-state index contributed by atoms with van der Waals surface area (Å²) in [7, 11) is 0. The summed E-state index contributed by atoms with van der Waals surface area (Å²) < 4.78 is 2.32. The zero-order chi connectivity index (χ0) is 15.6. The van der Waals surface area contributed by atoms with Crippen LogP contribution in [0.4, 0.5) is 5.82 Å². The third-order valence-corrected chi connectivity index (χ3v) is 6.08. The number of hydrogen-bond donors (Lipinski definition) is 0. The van der Waals surface area contributed by atoms with Crippen molar-refractivity contribution in [1.82, 2.24) is 24.7 Å². The van der Waals surface area contributed by atoms with Crippen LogP contribution in [0.15, 0.2) is 6.33 Å². The fourth-order valence-corrected chi connectivity index (χ4v) is 4.40. The molecule has 0 aromatic carbocycles. The number of thiophene rings is 1. The van der Waals surface area contributed by atoms with Crippen molar-refractivity contribution in [2.75, 3.05) is 11.4 Å². The van der Waals surface area contributed by atoms with Crippen LogP contribution in [-0.4, -0.2) is 31.3 Å². The van der Waals surface area contributed by atoms with Crippen molar-refractivity contribution in [3.8, 4) is 0 Å². The number of aryl methyl sites for hydroxylation is 2. The third-order valence-electron chi connectivity index (χ3n) is 4.97. The Labute approximate surface area is 138 Å². The molecule has 23 heavy (non-hydrogen) atoms. The Balaban J connectivity index is 1.56. The number of hydrogen-bond acceptors (Lipinski definition) is 6. The number of anilines is 1. The standard InChI is InChI=1S/C16H18N6S/c1-9-10(2)23-16-13(9)15(17-8-18-16)21-5-6-22-12(7-21)19-20-14(22)11-3-4-11/h8,11H,3-7H2,1-2H3. The molecule has 1 saturated carbocycles. The zero-order valence-corrected chi connectivity index (χ0v) is 14.1. The molecule has 0 unspecified atom stereocenters. The second-order valence-corrected chi connectivity index (χ2v) is 7.69. The van der Waals surface area contributed by atoms with Gasteiger partial charge in [-0.2, -0.15) is 0 Å². The van der Waals surface area contributed by atoms with E-state index in [0.717, 1.165) is 36.1 Å². The van der Waals surface area contributed by atoms with E-state index in [-0.39, 0.29) is 0 Å². The highest BCUT2D eigenvalue weighted by molar-refractivity contribution is 7.18. The van der Waals surface area contributed by atoms with Crippen LogP contribution in [0.25, 0.3) is 10.2 Å². The molecule has 6 nitrogen and oxygen atoms in total. The second kappa shape index (κ2) is 4.74. The van der Waals surface area contributed by atoms with E-state index in [9.17, 15) is 0 Å². The summed E-state index contributed by atoms with van der Waals surface area (Å²) in [6, 6.07) is 0. The van der Waals surface area contributed by atoms with Gasteiger partial charge in [-0.3, -0.25) is 0 Å². The Morgan fingerprint density at radius 3 is 2.83 bits per heavy atom. The van der Waals surface area contributed by atoms with Crippen LogP contribution >= 0.6 is 11.3 Å². The predicted octanol–water partition coefficient (Wildman–Crippen LogP) is 2.80. The average molecular weight is 326 g/mol. The van der Waals surface area contributed by atoms with Crippen LogP contribution in [0.2, 0.25) is 0 Å². The average Bonchev–Trinajstić information content (AvgIpc) is 3.25. The molecule has 5 rings (SSSR count). The van der Waals surface area contributed by atoms with E-state index in [1.54, 1.807) is 17.7 Å². The number of nitrogens with zero attached hydrogens (tertiary/aromatic N) is 6. The molecular weight excluding hydrogens is 308 g/mol. The van der Waals surface area contributed by atoms with E-state index in [1.165, 1.54) is 34.5 Å². The van der Waals surface area contributed by atoms with E-state index in [0.29, 0.717) is 5.92 Å². The fourth-order valence-electron chi connectivity index (χ4n) is 3.41. The zero-order valence-electron chi connectivity index (χ0n) is 13.3. The molecule has 118 valence electrons. The highest BCUT2D eigenvalue weighted by Crippen LogP contribution is 2.40. The van der Waals surface area contributed by atoms with Gasteiger partial charge in [0, 0.05) is 23.9 Å². The van der Waals surface area contributed by atoms with Crippen molar-refractivity contribution in [1.29, 1.82) is 0 Å². The van der Waals surface area contributed by atoms with Crippen LogP contribution in [0.5, 0.6) is 0 Å². The van der Waals surface area contributed by atoms with E-state index in [4.69, 9.17) is 0 Å². The largest absolute Gasteiger partial charge is 0.347 e. The maximum absolute atomic E-state index is 4.60. The molecule has 3 aromatic heterocycles. The normalized spacial score (nSPS) is 17.7. The maximum Gasteiger partial charge on any atom is 0.152 e. The van der Waals surface area contributed by atoms with Crippen molar-refractivity contribution in [3.63, 3.8) is 0 Å². The van der Waals surface area contributed by atoms with Crippen molar-refractivity contribution in [3.05, 3.63) is 28.4 Å². The van der Waals surface area contributed by atoms with E-state index >= 15 is 0 Å². The number of rotatable bonds is 2. The van der Waals surface area contributed by atoms with Gasteiger partial charge >= 0.3 is 0 Å². The van der Waals surface area contributed by atoms with Crippen LogP contribution in [0, 0.1) is 13.8 Å². The Morgan fingerprint density at radius 1 is 1.13 bits per heavy atom. The summed E-state index contributed by atoms with van der Waals surface area (Å²) in [5.41, 5.74) is 1.30. The molecule has 0 amide bonds. The van der Waals surface area contributed by atoms with Gasteiger partial charge in [-0.15, -0.1) is 21.5 Å². The summed E-state index contributed by atoms with van der Waals surface area (Å²) in [4.78, 5) is 13.8. The first-order valence-electron chi connectivity index (χ1n) is 8.10. The molecule has 0 spiro atoms. The minimum absolute atomic E-state index is 0.648. The molecule has 0 bridgehead atoms. The number of fused-ring (bicyclic) bond motifs is 2. The highest BCUT2D eigenvalue weighted by atomic mass is 32.1. The van der Waals surface area contributed by atoms with Crippen LogP contribution < -0.4 is 4.90 Å². The van der Waals surface area contributed by atoms with E-state index in [1.807, 2.05) is 0 Å². The first-order chi connectivity index (χ1) is 11.2. The SMILES string of the molecule is Cc1sc2ncnc(N3CCn4c(nnc4C4CC4)C3)c2c1C. The summed E-state index contributed by atoms with van der Waals surface area (Å²) in [6.45, 7) is 6.99. The van der Waals surface area contributed by atoms with Gasteiger partial charge in [0.05, 0.1) is 11.9 Å². The molecular formula is C16H18N6S. The van der Waals surface area contributed by atoms with E-state index < -0.39 is 0 Å². The molecule has 0 radical (unpaired) electrons. The fraction of sp³-hybridized carbons (Fsp3) is 0.500. The summed E-state index contributed by atoms with van der Waals surface area (Å²) in [6.07, 6.45) is 4.21. The summed E-state index contributed by atoms with van der Waals surface area (Å²) in [5, 5.41) is 10.1. The molecule has 2 aliphatic rings. The third kappa shape index (κ3) is 1.99. The molecule has 1 aliphatic carbocycles. The van der Waals surface area contributed by atoms with Gasteiger partial charge in [-0.25, -0.2) is 9.97 Å². The van der Waals surface area contributed by atoms with Crippen molar-refractivity contribution in [2.24, 2.45) is 0 Å². The summed E-state index contributed by atoms with van der Waals surface area (Å²) in [5.74, 6) is 3.94. The van der Waals surface area contributed by atoms with Gasteiger partial charge in [-0.1, -0.05) is 0 Å². The smallest absolute Gasteiger partial charge is 0.152 e. The first kappa shape index (κ1) is 13.4. The van der Waals surface area contributed by atoms with Gasteiger partial charge in [-0.05, 0) is 32.3 Å². The Bertz CT molecular complexity index is 907. The topological polar surface area (TPSA) is 59.7 Å². The Kier molecular flexibility index (Phi) is 2.76. The van der Waals surface area contributed by atoms with E-state index in [2.05, 4.69) is 43.5 Å². The molecule has 4 heterocycles. The minimum Gasteiger partial charge on any atom is -0.347 e. The molecule has 0 saturated heterocycles. The van der Waals surface area contributed by atoms with Gasteiger partial charge in [0.1, 0.15) is 22.8 Å². The highest BCUT2D eigenvalue weighted by Gasteiger charge is 2.32. The lowest BCUT2D eigenvalue weighted by atomic mass is 10.2. The van der Waals surface area contributed by atoms with Gasteiger partial charge in [0.25, 0.3) is 0 Å². The Hall–Kier alpha value is -2.02. The van der Waals surface area contributed by atoms with Gasteiger partial charge in [0.2, 0.25) is 0 Å². The van der Waals surface area contributed by atoms with Crippen molar-refractivity contribution in [2.45, 2.75) is 45.7 Å². The molecule has 1 fully saturated rings. The van der Waals surface area contributed by atoms with Crippen LogP contribution in [-0.2, 0) is 13.1 Å². The van der Waals surface area contributed by atoms with Crippen molar-refractivity contribution < 1.29 is 0 Å². The van der Waals surface area contributed by atoms with Crippen molar-refractivity contribution >= 4 is 27.4 Å². The van der Waals surface area contributed by atoms with Crippen LogP contribution in [0.1, 0.15) is 40.8 Å². The molecule has 0 N–H and O–H groups in total.